The van der Waals surface area contributed by atoms with Gasteiger partial charge in [-0.2, -0.15) is 17.0 Å². The van der Waals surface area contributed by atoms with E-state index in [2.05, 4.69) is 12.2 Å². The third-order valence-electron chi connectivity index (χ3n) is 4.10. The number of rotatable bonds is 7. The number of piperidine rings is 1. The van der Waals surface area contributed by atoms with Gasteiger partial charge >= 0.3 is 0 Å². The van der Waals surface area contributed by atoms with Crippen molar-refractivity contribution in [3.8, 4) is 0 Å². The lowest BCUT2D eigenvalue weighted by Gasteiger charge is -2.34. The quantitative estimate of drug-likeness (QED) is 0.757. The Labute approximate surface area is 117 Å². The normalized spacial score (nSPS) is 25.9. The van der Waals surface area contributed by atoms with Gasteiger partial charge in [0, 0.05) is 26.7 Å². The fourth-order valence-electron chi connectivity index (χ4n) is 2.71. The summed E-state index contributed by atoms with van der Waals surface area (Å²) in [6.45, 7) is 6.00. The standard InChI is InChI=1S/C13H27N3O2S/c1-3-14-9-13-5-4-8-16(11-13)19(17,18)15(2)10-12-6-7-12/h12-14H,3-11H2,1-2H3. The first-order valence-corrected chi connectivity index (χ1v) is 8.86. The van der Waals surface area contributed by atoms with Crippen LogP contribution in [0.4, 0.5) is 0 Å². The minimum absolute atomic E-state index is 0.456. The van der Waals surface area contributed by atoms with E-state index >= 15 is 0 Å². The van der Waals surface area contributed by atoms with Crippen LogP contribution < -0.4 is 5.32 Å². The van der Waals surface area contributed by atoms with Crippen LogP contribution in [0.5, 0.6) is 0 Å². The van der Waals surface area contributed by atoms with Crippen LogP contribution in [-0.4, -0.2) is 56.8 Å². The largest absolute Gasteiger partial charge is 0.317 e. The first-order valence-electron chi connectivity index (χ1n) is 7.46. The summed E-state index contributed by atoms with van der Waals surface area (Å²) in [4.78, 5) is 0. The average molecular weight is 289 g/mol. The monoisotopic (exact) mass is 289 g/mol. The van der Waals surface area contributed by atoms with E-state index in [1.807, 2.05) is 0 Å². The summed E-state index contributed by atoms with van der Waals surface area (Å²) < 4.78 is 28.2. The van der Waals surface area contributed by atoms with E-state index in [0.717, 1.165) is 25.9 Å². The third kappa shape index (κ3) is 4.15. The van der Waals surface area contributed by atoms with Crippen molar-refractivity contribution in [1.29, 1.82) is 0 Å². The average Bonchev–Trinajstić information content (AvgIpc) is 3.20. The van der Waals surface area contributed by atoms with Crippen molar-refractivity contribution < 1.29 is 8.42 Å². The molecule has 2 aliphatic rings. The summed E-state index contributed by atoms with van der Waals surface area (Å²) in [5, 5.41) is 3.33. The van der Waals surface area contributed by atoms with Crippen LogP contribution in [0.3, 0.4) is 0 Å². The van der Waals surface area contributed by atoms with E-state index in [1.165, 1.54) is 12.8 Å². The second kappa shape index (κ2) is 6.52. The molecule has 2 fully saturated rings. The molecule has 1 saturated carbocycles. The Morgan fingerprint density at radius 1 is 1.26 bits per heavy atom. The maximum Gasteiger partial charge on any atom is 0.281 e. The summed E-state index contributed by atoms with van der Waals surface area (Å²) in [6.07, 6.45) is 4.48. The van der Waals surface area contributed by atoms with Gasteiger partial charge in [-0.1, -0.05) is 6.92 Å². The van der Waals surface area contributed by atoms with Crippen molar-refractivity contribution in [3.63, 3.8) is 0 Å². The fourth-order valence-corrected chi connectivity index (χ4v) is 4.26. The Morgan fingerprint density at radius 3 is 2.63 bits per heavy atom. The fraction of sp³-hybridized carbons (Fsp3) is 1.00. The van der Waals surface area contributed by atoms with Gasteiger partial charge < -0.3 is 5.32 Å². The highest BCUT2D eigenvalue weighted by Crippen LogP contribution is 2.31. The molecule has 1 saturated heterocycles. The van der Waals surface area contributed by atoms with E-state index < -0.39 is 10.2 Å². The van der Waals surface area contributed by atoms with Crippen LogP contribution in [-0.2, 0) is 10.2 Å². The highest BCUT2D eigenvalue weighted by Gasteiger charge is 2.34. The Balaban J connectivity index is 1.90. The first kappa shape index (κ1) is 15.2. The number of hydrogen-bond acceptors (Lipinski definition) is 3. The molecule has 1 unspecified atom stereocenters. The van der Waals surface area contributed by atoms with E-state index in [9.17, 15) is 8.42 Å². The molecule has 0 aromatic rings. The molecular formula is C13H27N3O2S. The SMILES string of the molecule is CCNCC1CCCN(S(=O)(=O)N(C)CC2CC2)C1. The molecule has 1 atom stereocenters. The summed E-state index contributed by atoms with van der Waals surface area (Å²) in [5.74, 6) is 1.06. The summed E-state index contributed by atoms with van der Waals surface area (Å²) >= 11 is 0. The topological polar surface area (TPSA) is 52.7 Å². The van der Waals surface area contributed by atoms with Crippen molar-refractivity contribution >= 4 is 10.2 Å². The lowest BCUT2D eigenvalue weighted by molar-refractivity contribution is 0.246. The molecule has 1 aliphatic heterocycles. The van der Waals surface area contributed by atoms with Crippen LogP contribution in [0.25, 0.3) is 0 Å². The zero-order chi connectivity index (χ0) is 13.9. The molecule has 0 aromatic heterocycles. The Morgan fingerprint density at radius 2 is 2.00 bits per heavy atom. The van der Waals surface area contributed by atoms with Gasteiger partial charge in [-0.25, -0.2) is 0 Å². The van der Waals surface area contributed by atoms with Crippen molar-refractivity contribution in [2.75, 3.05) is 39.8 Å². The van der Waals surface area contributed by atoms with Gasteiger partial charge in [-0.3, -0.25) is 0 Å². The second-order valence-corrected chi connectivity index (χ2v) is 7.94. The highest BCUT2D eigenvalue weighted by atomic mass is 32.2. The van der Waals surface area contributed by atoms with E-state index in [-0.39, 0.29) is 0 Å². The molecule has 1 heterocycles. The molecule has 0 aromatic carbocycles. The Bertz CT molecular complexity index is 381. The van der Waals surface area contributed by atoms with Gasteiger partial charge in [0.15, 0.2) is 0 Å². The van der Waals surface area contributed by atoms with Crippen molar-refractivity contribution in [1.82, 2.24) is 13.9 Å². The Hall–Kier alpha value is -0.170. The molecule has 6 heteroatoms. The maximum absolute atomic E-state index is 12.5. The zero-order valence-electron chi connectivity index (χ0n) is 12.1. The maximum atomic E-state index is 12.5. The highest BCUT2D eigenvalue weighted by molar-refractivity contribution is 7.86. The molecule has 5 nitrogen and oxygen atoms in total. The predicted molar refractivity (Wildman–Crippen MR) is 77.1 cm³/mol. The first-order chi connectivity index (χ1) is 9.04. The molecule has 0 spiro atoms. The van der Waals surface area contributed by atoms with E-state index in [0.29, 0.717) is 31.5 Å². The van der Waals surface area contributed by atoms with Crippen LogP contribution in [0, 0.1) is 11.8 Å². The summed E-state index contributed by atoms with van der Waals surface area (Å²) in [5.41, 5.74) is 0. The van der Waals surface area contributed by atoms with Gasteiger partial charge in [0.05, 0.1) is 0 Å². The lowest BCUT2D eigenvalue weighted by Crippen LogP contribution is -2.48. The molecule has 0 radical (unpaired) electrons. The number of nitrogens with one attached hydrogen (secondary N) is 1. The van der Waals surface area contributed by atoms with Gasteiger partial charge in [0.25, 0.3) is 10.2 Å². The van der Waals surface area contributed by atoms with Crippen LogP contribution in [0.15, 0.2) is 0 Å². The number of hydrogen-bond donors (Lipinski definition) is 1. The van der Waals surface area contributed by atoms with Gasteiger partial charge in [0.2, 0.25) is 0 Å². The Kier molecular flexibility index (Phi) is 5.22. The van der Waals surface area contributed by atoms with Gasteiger partial charge in [-0.05, 0) is 50.6 Å². The minimum atomic E-state index is -3.24. The second-order valence-electron chi connectivity index (χ2n) is 5.91. The van der Waals surface area contributed by atoms with Crippen molar-refractivity contribution in [2.24, 2.45) is 11.8 Å². The molecule has 1 N–H and O–H groups in total. The van der Waals surface area contributed by atoms with Crippen molar-refractivity contribution in [3.05, 3.63) is 0 Å². The summed E-state index contributed by atoms with van der Waals surface area (Å²) in [7, 11) is -1.51. The molecule has 1 aliphatic carbocycles. The molecule has 0 bridgehead atoms. The molecule has 19 heavy (non-hydrogen) atoms. The zero-order valence-corrected chi connectivity index (χ0v) is 13.0. The van der Waals surface area contributed by atoms with Gasteiger partial charge in [-0.15, -0.1) is 0 Å². The van der Waals surface area contributed by atoms with Crippen LogP contribution in [0.1, 0.15) is 32.6 Å². The molecule has 0 amide bonds. The van der Waals surface area contributed by atoms with Crippen LogP contribution in [0.2, 0.25) is 0 Å². The summed E-state index contributed by atoms with van der Waals surface area (Å²) in [6, 6.07) is 0. The smallest absolute Gasteiger partial charge is 0.281 e. The van der Waals surface area contributed by atoms with E-state index in [1.54, 1.807) is 15.7 Å². The van der Waals surface area contributed by atoms with Crippen LogP contribution >= 0.6 is 0 Å². The molecule has 2 rings (SSSR count). The third-order valence-corrected chi connectivity index (χ3v) is 6.02. The van der Waals surface area contributed by atoms with E-state index in [4.69, 9.17) is 0 Å². The molecular weight excluding hydrogens is 262 g/mol. The van der Waals surface area contributed by atoms with Crippen molar-refractivity contribution in [2.45, 2.75) is 32.6 Å². The minimum Gasteiger partial charge on any atom is -0.317 e. The predicted octanol–water partition coefficient (Wildman–Crippen LogP) is 0.895. The van der Waals surface area contributed by atoms with Gasteiger partial charge in [0.1, 0.15) is 0 Å². The number of nitrogens with zero attached hydrogens (tertiary/aromatic N) is 2. The lowest BCUT2D eigenvalue weighted by atomic mass is 10.00. The molecule has 112 valence electrons.